The van der Waals surface area contributed by atoms with Gasteiger partial charge in [-0.25, -0.2) is 9.59 Å². The molecule has 0 spiro atoms. The summed E-state index contributed by atoms with van der Waals surface area (Å²) in [5.41, 5.74) is 4.48. The average molecular weight is 798 g/mol. The van der Waals surface area contributed by atoms with E-state index < -0.39 is 26.3 Å². The number of hydrogen-bond donors (Lipinski definition) is 1. The summed E-state index contributed by atoms with van der Waals surface area (Å²) >= 11 is 0. The van der Waals surface area contributed by atoms with E-state index >= 15 is 0 Å². The molecule has 0 radical (unpaired) electrons. The van der Waals surface area contributed by atoms with Gasteiger partial charge in [0.25, 0.3) is 0 Å². The van der Waals surface area contributed by atoms with Gasteiger partial charge in [0.05, 0.1) is 19.3 Å². The zero-order valence-electron chi connectivity index (χ0n) is 34.8. The Hall–Kier alpha value is -4.81. The molecular formula is C46H59NO9Si. The molecule has 1 unspecified atom stereocenters. The first-order valence-electron chi connectivity index (χ1n) is 19.8. The number of Topliss-reactive ketones (excluding diaryl/α,β-unsaturated/α-hetero) is 1. The van der Waals surface area contributed by atoms with E-state index in [-0.39, 0.29) is 17.8 Å². The van der Waals surface area contributed by atoms with Gasteiger partial charge >= 0.3 is 20.9 Å². The van der Waals surface area contributed by atoms with Crippen molar-refractivity contribution >= 4 is 26.7 Å². The third-order valence-electron chi connectivity index (χ3n) is 10.4. The van der Waals surface area contributed by atoms with Crippen LogP contribution >= 0.6 is 0 Å². The maximum Gasteiger partial charge on any atom is 0.500 e. The van der Waals surface area contributed by atoms with E-state index in [0.29, 0.717) is 68.5 Å². The summed E-state index contributed by atoms with van der Waals surface area (Å²) in [6, 6.07) is 31.2. The van der Waals surface area contributed by atoms with E-state index in [2.05, 4.69) is 38.2 Å². The van der Waals surface area contributed by atoms with Crippen molar-refractivity contribution in [2.45, 2.75) is 84.6 Å². The second-order valence-electron chi connectivity index (χ2n) is 14.6. The quantitative estimate of drug-likeness (QED) is 0.0273. The topological polar surface area (TPSA) is 119 Å². The predicted molar refractivity (Wildman–Crippen MR) is 225 cm³/mol. The number of benzene rings is 4. The van der Waals surface area contributed by atoms with Gasteiger partial charge in [0, 0.05) is 48.8 Å². The van der Waals surface area contributed by atoms with Crippen molar-refractivity contribution in [3.63, 3.8) is 0 Å². The van der Waals surface area contributed by atoms with Crippen LogP contribution in [0.3, 0.4) is 0 Å². The van der Waals surface area contributed by atoms with E-state index in [1.807, 2.05) is 81.4 Å². The summed E-state index contributed by atoms with van der Waals surface area (Å²) < 4.78 is 34.4. The molecule has 0 bridgehead atoms. The second-order valence-corrected chi connectivity index (χ2v) is 17.3. The number of hydrogen-bond acceptors (Lipinski definition) is 9. The zero-order chi connectivity index (χ0) is 41.5. The van der Waals surface area contributed by atoms with Crippen LogP contribution in [0.15, 0.2) is 97.1 Å². The van der Waals surface area contributed by atoms with Gasteiger partial charge < -0.3 is 32.8 Å². The van der Waals surface area contributed by atoms with Crippen LogP contribution < -0.4 is 14.8 Å². The Morgan fingerprint density at radius 2 is 1.11 bits per heavy atom. The van der Waals surface area contributed by atoms with Crippen molar-refractivity contribution in [1.29, 1.82) is 0 Å². The molecule has 0 saturated heterocycles. The molecule has 1 amide bonds. The Labute approximate surface area is 339 Å². The number of nitrogens with one attached hydrogen (secondary N) is 1. The zero-order valence-corrected chi connectivity index (χ0v) is 35.8. The van der Waals surface area contributed by atoms with Crippen LogP contribution in [0.25, 0.3) is 0 Å². The van der Waals surface area contributed by atoms with Gasteiger partial charge in [-0.1, -0.05) is 81.4 Å². The molecule has 57 heavy (non-hydrogen) atoms. The number of alkyl carbamates (subject to hydrolysis) is 1. The third kappa shape index (κ3) is 12.1. The van der Waals surface area contributed by atoms with Gasteiger partial charge in [0.15, 0.2) is 5.78 Å². The van der Waals surface area contributed by atoms with Crippen LogP contribution in [0, 0.1) is 0 Å². The fraction of sp³-hybridized carbons (Fsp3) is 0.413. The Morgan fingerprint density at radius 3 is 1.61 bits per heavy atom. The molecule has 1 N–H and O–H groups in total. The van der Waals surface area contributed by atoms with Gasteiger partial charge in [0.2, 0.25) is 0 Å². The highest BCUT2D eigenvalue weighted by Crippen LogP contribution is 2.38. The van der Waals surface area contributed by atoms with Gasteiger partial charge in [-0.05, 0) is 106 Å². The minimum Gasteiger partial charge on any atom is -0.497 e. The van der Waals surface area contributed by atoms with Gasteiger partial charge in [-0.2, -0.15) is 0 Å². The summed E-state index contributed by atoms with van der Waals surface area (Å²) in [6.45, 7) is 15.8. The maximum atomic E-state index is 13.2. The summed E-state index contributed by atoms with van der Waals surface area (Å²) in [4.78, 5) is 37.8. The monoisotopic (exact) mass is 797 g/mol. The number of amides is 1. The maximum absolute atomic E-state index is 13.2. The first kappa shape index (κ1) is 44.9. The lowest BCUT2D eigenvalue weighted by molar-refractivity contribution is 0.0704. The summed E-state index contributed by atoms with van der Waals surface area (Å²) in [7, 11) is -1.13. The summed E-state index contributed by atoms with van der Waals surface area (Å²) in [5.74, 6) is 0.764. The van der Waals surface area contributed by atoms with Crippen molar-refractivity contribution in [3.05, 3.63) is 130 Å². The van der Waals surface area contributed by atoms with Crippen molar-refractivity contribution in [1.82, 2.24) is 5.32 Å². The fourth-order valence-corrected chi connectivity index (χ4v) is 9.53. The number of methoxy groups -OCH3 is 1. The Bertz CT molecular complexity index is 1860. The number of rotatable bonds is 22. The van der Waals surface area contributed by atoms with Crippen molar-refractivity contribution in [3.8, 4) is 11.5 Å². The van der Waals surface area contributed by atoms with E-state index in [4.69, 9.17) is 27.5 Å². The Morgan fingerprint density at radius 1 is 0.632 bits per heavy atom. The molecule has 0 fully saturated rings. The minimum absolute atomic E-state index is 0.00822. The highest BCUT2D eigenvalue weighted by Gasteiger charge is 2.39. The minimum atomic E-state index is -2.78. The molecule has 4 rings (SSSR count). The highest BCUT2D eigenvalue weighted by molar-refractivity contribution is 6.60. The van der Waals surface area contributed by atoms with Crippen LogP contribution in [0.1, 0.15) is 111 Å². The molecule has 0 aliphatic carbocycles. The molecule has 0 aliphatic rings. The van der Waals surface area contributed by atoms with E-state index in [0.717, 1.165) is 28.0 Å². The second kappa shape index (κ2) is 21.1. The lowest BCUT2D eigenvalue weighted by Gasteiger charge is -2.31. The normalized spacial score (nSPS) is 12.7. The van der Waals surface area contributed by atoms with Gasteiger partial charge in [-0.3, -0.25) is 4.79 Å². The van der Waals surface area contributed by atoms with Crippen molar-refractivity contribution < 1.29 is 41.9 Å². The van der Waals surface area contributed by atoms with Crippen LogP contribution in [-0.4, -0.2) is 66.7 Å². The standard InChI is InChI=1S/C46H59NO9Si/c1-9-53-57(54-10-2,55-11-3)33-13-31-47-44(50)52-32-12-30-46(7,39-20-14-35(15-21-39)34(4)48)40-24-28-42(29-25-40)56-43(49)36-16-18-37(19-17-36)45(5,6)38-22-26-41(51-8)27-23-38/h14-29H,9-13,30-33H2,1-8H3,(H,47,50). The lowest BCUT2D eigenvalue weighted by Crippen LogP contribution is -2.46. The molecule has 306 valence electrons. The lowest BCUT2D eigenvalue weighted by atomic mass is 9.73. The number of carbonyl (C=O) groups is 3. The SMILES string of the molecule is CCO[Si](CCCNC(=O)OCCCC(C)(c1ccc(OC(=O)c2ccc(C(C)(C)c3ccc(OC)cc3)cc2)cc1)c1ccc(C(C)=O)cc1)(OCC)OCC. The third-order valence-corrected chi connectivity index (χ3v) is 13.5. The van der Waals surface area contributed by atoms with Crippen LogP contribution in [0.2, 0.25) is 6.04 Å². The van der Waals surface area contributed by atoms with Gasteiger partial charge in [-0.15, -0.1) is 0 Å². The molecule has 0 saturated carbocycles. The molecule has 11 heteroatoms. The summed E-state index contributed by atoms with van der Waals surface area (Å²) in [5, 5.41) is 2.83. The predicted octanol–water partition coefficient (Wildman–Crippen LogP) is 9.69. The highest BCUT2D eigenvalue weighted by atomic mass is 28.4. The van der Waals surface area contributed by atoms with Crippen molar-refractivity contribution in [2.75, 3.05) is 40.1 Å². The molecule has 4 aromatic rings. The number of carbonyl (C=O) groups excluding carboxylic acids is 3. The fourth-order valence-electron chi connectivity index (χ4n) is 6.92. The Balaban J connectivity index is 1.38. The molecule has 1 atom stereocenters. The van der Waals surface area contributed by atoms with Crippen LogP contribution in [0.4, 0.5) is 4.79 Å². The van der Waals surface area contributed by atoms with E-state index in [1.165, 1.54) is 0 Å². The molecule has 4 aromatic carbocycles. The molecular weight excluding hydrogens is 739 g/mol. The number of esters is 1. The van der Waals surface area contributed by atoms with Crippen LogP contribution in [-0.2, 0) is 28.8 Å². The number of ether oxygens (including phenoxy) is 3. The largest absolute Gasteiger partial charge is 0.500 e. The van der Waals surface area contributed by atoms with Crippen LogP contribution in [0.5, 0.6) is 11.5 Å². The molecule has 0 aliphatic heterocycles. The van der Waals surface area contributed by atoms with Gasteiger partial charge in [0.1, 0.15) is 11.5 Å². The van der Waals surface area contributed by atoms with E-state index in [9.17, 15) is 14.4 Å². The first-order chi connectivity index (χ1) is 27.3. The van der Waals surface area contributed by atoms with E-state index in [1.54, 1.807) is 38.3 Å². The Kier molecular flexibility index (Phi) is 16.6. The average Bonchev–Trinajstić information content (AvgIpc) is 3.21. The first-order valence-corrected chi connectivity index (χ1v) is 21.8. The summed E-state index contributed by atoms with van der Waals surface area (Å²) in [6.07, 6.45) is 1.37. The molecule has 10 nitrogen and oxygen atoms in total. The smallest absolute Gasteiger partial charge is 0.497 e. The molecule has 0 aromatic heterocycles. The van der Waals surface area contributed by atoms with Crippen molar-refractivity contribution in [2.24, 2.45) is 0 Å². The molecule has 0 heterocycles. The number of ketones is 1.